The molecule has 4 heteroatoms. The van der Waals surface area contributed by atoms with Gasteiger partial charge in [0.25, 0.3) is 0 Å². The summed E-state index contributed by atoms with van der Waals surface area (Å²) in [5.74, 6) is 1.77. The van der Waals surface area contributed by atoms with Crippen molar-refractivity contribution in [3.8, 4) is 0 Å². The standard InChI is InChI=1S/C14H28N4/c1-11(9-14(2,3)4)7-12(15-5)8-13-16-10-17-18(13)6/h10-12,15H,7-9H2,1-6H3. The fourth-order valence-corrected chi connectivity index (χ4v) is 2.64. The van der Waals surface area contributed by atoms with E-state index in [-0.39, 0.29) is 0 Å². The van der Waals surface area contributed by atoms with E-state index in [1.165, 1.54) is 12.8 Å². The molecule has 0 bridgehead atoms. The van der Waals surface area contributed by atoms with Crippen molar-refractivity contribution in [3.05, 3.63) is 12.2 Å². The van der Waals surface area contributed by atoms with Gasteiger partial charge in [-0.25, -0.2) is 4.98 Å². The highest BCUT2D eigenvalue weighted by Gasteiger charge is 2.19. The van der Waals surface area contributed by atoms with Gasteiger partial charge in [-0.3, -0.25) is 4.68 Å². The van der Waals surface area contributed by atoms with Crippen molar-refractivity contribution in [2.45, 2.75) is 53.0 Å². The molecule has 1 aromatic rings. The number of aromatic nitrogens is 3. The van der Waals surface area contributed by atoms with Crippen LogP contribution in [0.1, 0.15) is 46.4 Å². The maximum absolute atomic E-state index is 4.30. The first-order valence-electron chi connectivity index (χ1n) is 6.82. The predicted octanol–water partition coefficient (Wildman–Crippen LogP) is 2.41. The molecule has 0 aliphatic carbocycles. The highest BCUT2D eigenvalue weighted by Crippen LogP contribution is 2.27. The first kappa shape index (κ1) is 15.2. The molecule has 18 heavy (non-hydrogen) atoms. The van der Waals surface area contributed by atoms with Crippen LogP contribution in [0.2, 0.25) is 0 Å². The minimum atomic E-state index is 0.405. The Morgan fingerprint density at radius 3 is 2.50 bits per heavy atom. The van der Waals surface area contributed by atoms with E-state index in [1.54, 1.807) is 6.33 Å². The predicted molar refractivity (Wildman–Crippen MR) is 75.4 cm³/mol. The average Bonchev–Trinajstić information content (AvgIpc) is 2.60. The van der Waals surface area contributed by atoms with Gasteiger partial charge >= 0.3 is 0 Å². The van der Waals surface area contributed by atoms with Crippen LogP contribution in [-0.4, -0.2) is 27.9 Å². The van der Waals surface area contributed by atoms with Crippen LogP contribution >= 0.6 is 0 Å². The van der Waals surface area contributed by atoms with E-state index in [0.29, 0.717) is 11.5 Å². The Labute approximate surface area is 111 Å². The summed E-state index contributed by atoms with van der Waals surface area (Å²) in [5.41, 5.74) is 0.405. The second kappa shape index (κ2) is 6.32. The van der Waals surface area contributed by atoms with Crippen LogP contribution in [0.3, 0.4) is 0 Å². The van der Waals surface area contributed by atoms with Gasteiger partial charge in [-0.15, -0.1) is 0 Å². The normalized spacial score (nSPS) is 15.7. The van der Waals surface area contributed by atoms with E-state index in [1.807, 2.05) is 18.8 Å². The summed E-state index contributed by atoms with van der Waals surface area (Å²) >= 11 is 0. The SMILES string of the molecule is CNC(Cc1ncnn1C)CC(C)CC(C)(C)C. The smallest absolute Gasteiger partial charge is 0.138 e. The first-order chi connectivity index (χ1) is 8.31. The number of likely N-dealkylation sites (N-methyl/N-ethyl adjacent to an activating group) is 1. The monoisotopic (exact) mass is 252 g/mol. The average molecular weight is 252 g/mol. The zero-order valence-corrected chi connectivity index (χ0v) is 12.7. The Bertz CT molecular complexity index is 351. The quantitative estimate of drug-likeness (QED) is 0.845. The fourth-order valence-electron chi connectivity index (χ4n) is 2.64. The third-order valence-electron chi connectivity index (χ3n) is 3.29. The van der Waals surface area contributed by atoms with Crippen LogP contribution in [0.5, 0.6) is 0 Å². The van der Waals surface area contributed by atoms with E-state index < -0.39 is 0 Å². The van der Waals surface area contributed by atoms with E-state index >= 15 is 0 Å². The largest absolute Gasteiger partial charge is 0.317 e. The van der Waals surface area contributed by atoms with E-state index in [9.17, 15) is 0 Å². The zero-order chi connectivity index (χ0) is 13.8. The van der Waals surface area contributed by atoms with Crippen molar-refractivity contribution >= 4 is 0 Å². The molecule has 1 aromatic heterocycles. The van der Waals surface area contributed by atoms with Crippen LogP contribution in [0, 0.1) is 11.3 Å². The Hall–Kier alpha value is -0.900. The van der Waals surface area contributed by atoms with Crippen molar-refractivity contribution in [1.82, 2.24) is 20.1 Å². The van der Waals surface area contributed by atoms with Crippen molar-refractivity contribution in [1.29, 1.82) is 0 Å². The highest BCUT2D eigenvalue weighted by atomic mass is 15.3. The summed E-state index contributed by atoms with van der Waals surface area (Å²) in [6, 6.07) is 0.477. The lowest BCUT2D eigenvalue weighted by molar-refractivity contribution is 0.276. The summed E-state index contributed by atoms with van der Waals surface area (Å²) in [4.78, 5) is 4.30. The molecule has 104 valence electrons. The lowest BCUT2D eigenvalue weighted by Crippen LogP contribution is -2.31. The summed E-state index contributed by atoms with van der Waals surface area (Å²) in [6.45, 7) is 9.26. The summed E-state index contributed by atoms with van der Waals surface area (Å²) in [6.07, 6.45) is 5.01. The van der Waals surface area contributed by atoms with Crippen molar-refractivity contribution < 1.29 is 0 Å². The lowest BCUT2D eigenvalue weighted by Gasteiger charge is -2.26. The number of aryl methyl sites for hydroxylation is 1. The molecule has 0 saturated carbocycles. The van der Waals surface area contributed by atoms with Crippen LogP contribution < -0.4 is 5.32 Å². The van der Waals surface area contributed by atoms with Crippen LogP contribution in [0.4, 0.5) is 0 Å². The molecule has 4 nitrogen and oxygen atoms in total. The molecule has 0 amide bonds. The van der Waals surface area contributed by atoms with Gasteiger partial charge in [0, 0.05) is 19.5 Å². The molecule has 1 heterocycles. The Morgan fingerprint density at radius 1 is 1.39 bits per heavy atom. The second-order valence-corrected chi connectivity index (χ2v) is 6.60. The molecule has 2 unspecified atom stereocenters. The minimum absolute atomic E-state index is 0.405. The second-order valence-electron chi connectivity index (χ2n) is 6.60. The van der Waals surface area contributed by atoms with Gasteiger partial charge in [0.2, 0.25) is 0 Å². The molecular formula is C14H28N4. The summed E-state index contributed by atoms with van der Waals surface area (Å²) in [7, 11) is 3.98. The van der Waals surface area contributed by atoms with Crippen molar-refractivity contribution in [2.75, 3.05) is 7.05 Å². The Balaban J connectivity index is 2.50. The Kier molecular flexibility index (Phi) is 5.32. The summed E-state index contributed by atoms with van der Waals surface area (Å²) in [5, 5.41) is 7.52. The van der Waals surface area contributed by atoms with E-state index in [0.717, 1.165) is 18.2 Å². The molecule has 1 rings (SSSR count). The number of nitrogens with one attached hydrogen (secondary N) is 1. The topological polar surface area (TPSA) is 42.7 Å². The third kappa shape index (κ3) is 5.17. The van der Waals surface area contributed by atoms with Gasteiger partial charge in [-0.05, 0) is 31.2 Å². The highest BCUT2D eigenvalue weighted by molar-refractivity contribution is 4.89. The number of nitrogens with zero attached hydrogens (tertiary/aromatic N) is 3. The fraction of sp³-hybridized carbons (Fsp3) is 0.857. The molecule has 0 aliphatic heterocycles. The van der Waals surface area contributed by atoms with Crippen LogP contribution in [0.15, 0.2) is 6.33 Å². The molecule has 2 atom stereocenters. The molecular weight excluding hydrogens is 224 g/mol. The van der Waals surface area contributed by atoms with Gasteiger partial charge in [-0.2, -0.15) is 5.10 Å². The number of hydrogen-bond acceptors (Lipinski definition) is 3. The Morgan fingerprint density at radius 2 is 2.06 bits per heavy atom. The van der Waals surface area contributed by atoms with Gasteiger partial charge in [0.05, 0.1) is 0 Å². The molecule has 0 radical (unpaired) electrons. The molecule has 0 fully saturated rings. The van der Waals surface area contributed by atoms with Gasteiger partial charge < -0.3 is 5.32 Å². The van der Waals surface area contributed by atoms with E-state index in [4.69, 9.17) is 0 Å². The van der Waals surface area contributed by atoms with Gasteiger partial charge in [0.1, 0.15) is 12.2 Å². The molecule has 0 aliphatic rings. The summed E-state index contributed by atoms with van der Waals surface area (Å²) < 4.78 is 1.86. The first-order valence-corrected chi connectivity index (χ1v) is 6.82. The number of rotatable bonds is 6. The van der Waals surface area contributed by atoms with Crippen molar-refractivity contribution in [2.24, 2.45) is 18.4 Å². The molecule has 0 saturated heterocycles. The molecule has 0 spiro atoms. The van der Waals surface area contributed by atoms with Gasteiger partial charge in [-0.1, -0.05) is 27.7 Å². The maximum Gasteiger partial charge on any atom is 0.138 e. The van der Waals surface area contributed by atoms with Crippen LogP contribution in [-0.2, 0) is 13.5 Å². The zero-order valence-electron chi connectivity index (χ0n) is 12.7. The van der Waals surface area contributed by atoms with E-state index in [2.05, 4.69) is 43.1 Å². The maximum atomic E-state index is 4.30. The third-order valence-corrected chi connectivity index (χ3v) is 3.29. The lowest BCUT2D eigenvalue weighted by atomic mass is 9.82. The molecule has 1 N–H and O–H groups in total. The van der Waals surface area contributed by atoms with Crippen LogP contribution in [0.25, 0.3) is 0 Å². The molecule has 0 aromatic carbocycles. The minimum Gasteiger partial charge on any atom is -0.317 e. The van der Waals surface area contributed by atoms with Crippen molar-refractivity contribution in [3.63, 3.8) is 0 Å². The van der Waals surface area contributed by atoms with Gasteiger partial charge in [0.15, 0.2) is 0 Å². The number of hydrogen-bond donors (Lipinski definition) is 1.